The molecule has 1 amide bonds. The number of aromatic nitrogens is 2. The third-order valence-corrected chi connectivity index (χ3v) is 4.88. The first-order valence-corrected chi connectivity index (χ1v) is 9.88. The van der Waals surface area contributed by atoms with E-state index in [-0.39, 0.29) is 10.9 Å². The average Bonchev–Trinajstić information content (AvgIpc) is 2.78. The lowest BCUT2D eigenvalue weighted by atomic mass is 10.1. The van der Waals surface area contributed by atoms with E-state index in [0.717, 1.165) is 11.1 Å². The van der Waals surface area contributed by atoms with Gasteiger partial charge in [-0.2, -0.15) is 0 Å². The molecule has 0 unspecified atom stereocenters. The predicted octanol–water partition coefficient (Wildman–Crippen LogP) is 6.24. The van der Waals surface area contributed by atoms with Crippen LogP contribution in [-0.2, 0) is 0 Å². The number of rotatable bonds is 5. The summed E-state index contributed by atoms with van der Waals surface area (Å²) in [6, 6.07) is 19.0. The van der Waals surface area contributed by atoms with E-state index in [1.807, 2.05) is 37.3 Å². The van der Waals surface area contributed by atoms with Crippen LogP contribution in [0.15, 0.2) is 79.1 Å². The van der Waals surface area contributed by atoms with Gasteiger partial charge in [-0.1, -0.05) is 47.5 Å². The number of amides is 1. The Hall–Kier alpha value is -3.77. The highest BCUT2D eigenvalue weighted by Gasteiger charge is 2.09. The van der Waals surface area contributed by atoms with Crippen LogP contribution in [-0.4, -0.2) is 15.9 Å². The zero-order valence-corrected chi connectivity index (χ0v) is 17.3. The number of hydrogen-bond acceptors (Lipinski definition) is 4. The van der Waals surface area contributed by atoms with Gasteiger partial charge in [0.2, 0.25) is 5.95 Å². The monoisotopic (exact) mass is 432 g/mol. The van der Waals surface area contributed by atoms with Crippen molar-refractivity contribution in [1.29, 1.82) is 0 Å². The lowest BCUT2D eigenvalue weighted by molar-refractivity contribution is 0.102. The highest BCUT2D eigenvalue weighted by atomic mass is 35.5. The number of hydrogen-bond donors (Lipinski definition) is 2. The molecule has 31 heavy (non-hydrogen) atoms. The molecule has 0 aliphatic carbocycles. The first-order chi connectivity index (χ1) is 15.0. The van der Waals surface area contributed by atoms with Crippen LogP contribution in [0.5, 0.6) is 0 Å². The molecule has 0 bridgehead atoms. The van der Waals surface area contributed by atoms with Crippen LogP contribution in [0.25, 0.3) is 11.1 Å². The second-order valence-corrected chi connectivity index (χ2v) is 7.36. The van der Waals surface area contributed by atoms with Gasteiger partial charge in [-0.3, -0.25) is 4.79 Å². The average molecular weight is 433 g/mol. The van der Waals surface area contributed by atoms with E-state index >= 15 is 0 Å². The van der Waals surface area contributed by atoms with Crippen molar-refractivity contribution in [2.45, 2.75) is 6.92 Å². The minimum absolute atomic E-state index is 0.0561. The summed E-state index contributed by atoms with van der Waals surface area (Å²) in [5.41, 5.74) is 4.63. The van der Waals surface area contributed by atoms with Crippen molar-refractivity contribution in [2.24, 2.45) is 0 Å². The molecule has 3 aromatic carbocycles. The topological polar surface area (TPSA) is 66.9 Å². The summed E-state index contributed by atoms with van der Waals surface area (Å²) in [5.74, 6) is -0.472. The van der Waals surface area contributed by atoms with E-state index in [1.165, 1.54) is 23.8 Å². The number of nitrogens with one attached hydrogen (secondary N) is 2. The summed E-state index contributed by atoms with van der Waals surface area (Å²) in [4.78, 5) is 21.3. The van der Waals surface area contributed by atoms with E-state index in [2.05, 4.69) is 20.6 Å². The lowest BCUT2D eigenvalue weighted by Crippen LogP contribution is -2.12. The van der Waals surface area contributed by atoms with Gasteiger partial charge in [0.15, 0.2) is 0 Å². The fourth-order valence-corrected chi connectivity index (χ4v) is 3.11. The first kappa shape index (κ1) is 20.5. The zero-order chi connectivity index (χ0) is 21.8. The summed E-state index contributed by atoms with van der Waals surface area (Å²) in [6.45, 7) is 2.04. The molecule has 2 N–H and O–H groups in total. The summed E-state index contributed by atoms with van der Waals surface area (Å²) in [7, 11) is 0. The first-order valence-electron chi connectivity index (χ1n) is 9.50. The Morgan fingerprint density at radius 2 is 1.65 bits per heavy atom. The fourth-order valence-electron chi connectivity index (χ4n) is 2.93. The molecule has 4 aromatic rings. The van der Waals surface area contributed by atoms with E-state index in [4.69, 9.17) is 11.6 Å². The number of aryl methyl sites for hydroxylation is 1. The predicted molar refractivity (Wildman–Crippen MR) is 121 cm³/mol. The third-order valence-electron chi connectivity index (χ3n) is 4.60. The Balaban J connectivity index is 1.46. The van der Waals surface area contributed by atoms with Gasteiger partial charge in [-0.05, 0) is 48.9 Å². The molecule has 0 saturated heterocycles. The smallest absolute Gasteiger partial charge is 0.255 e. The molecule has 0 saturated carbocycles. The molecule has 4 rings (SSSR count). The van der Waals surface area contributed by atoms with Gasteiger partial charge in [-0.25, -0.2) is 14.4 Å². The molecule has 5 nitrogen and oxygen atoms in total. The fraction of sp³-hybridized carbons (Fsp3) is 0.0417. The van der Waals surface area contributed by atoms with Crippen molar-refractivity contribution in [3.63, 3.8) is 0 Å². The molecule has 1 heterocycles. The van der Waals surface area contributed by atoms with Crippen molar-refractivity contribution < 1.29 is 9.18 Å². The van der Waals surface area contributed by atoms with Gasteiger partial charge in [0.25, 0.3) is 5.91 Å². The van der Waals surface area contributed by atoms with Gasteiger partial charge in [0, 0.05) is 34.9 Å². The summed E-state index contributed by atoms with van der Waals surface area (Å²) < 4.78 is 13.3. The Morgan fingerprint density at radius 3 is 2.35 bits per heavy atom. The highest BCUT2D eigenvalue weighted by Crippen LogP contribution is 2.22. The lowest BCUT2D eigenvalue weighted by Gasteiger charge is -2.09. The van der Waals surface area contributed by atoms with Crippen molar-refractivity contribution in [3.8, 4) is 11.1 Å². The molecular weight excluding hydrogens is 415 g/mol. The number of carbonyl (C=O) groups excluding carboxylic acids is 1. The molecular formula is C24H18ClFN4O. The number of benzene rings is 3. The second kappa shape index (κ2) is 8.93. The molecule has 154 valence electrons. The van der Waals surface area contributed by atoms with Gasteiger partial charge in [0.1, 0.15) is 5.82 Å². The second-order valence-electron chi connectivity index (χ2n) is 6.95. The summed E-state index contributed by atoms with van der Waals surface area (Å²) >= 11 is 5.77. The maximum Gasteiger partial charge on any atom is 0.255 e. The summed E-state index contributed by atoms with van der Waals surface area (Å²) in [5, 5.41) is 5.74. The van der Waals surface area contributed by atoms with E-state index in [0.29, 0.717) is 22.9 Å². The van der Waals surface area contributed by atoms with Crippen molar-refractivity contribution in [1.82, 2.24) is 9.97 Å². The number of halogens is 2. The Labute approximate surface area is 184 Å². The van der Waals surface area contributed by atoms with Crippen LogP contribution in [0.1, 0.15) is 15.9 Å². The molecule has 0 aliphatic heterocycles. The van der Waals surface area contributed by atoms with Crippen LogP contribution in [0.2, 0.25) is 5.02 Å². The van der Waals surface area contributed by atoms with Crippen molar-refractivity contribution in [2.75, 3.05) is 10.6 Å². The van der Waals surface area contributed by atoms with Crippen LogP contribution in [0.3, 0.4) is 0 Å². The van der Waals surface area contributed by atoms with Crippen molar-refractivity contribution >= 4 is 34.8 Å². The van der Waals surface area contributed by atoms with E-state index < -0.39 is 5.82 Å². The van der Waals surface area contributed by atoms with E-state index in [1.54, 1.807) is 30.6 Å². The molecule has 1 aromatic heterocycles. The standard InChI is InChI=1S/C24H18ClFN4O/c1-15-5-7-16(8-6-15)18-13-27-24(28-14-18)30-19-4-2-3-17(11-19)23(31)29-20-9-10-22(26)21(25)12-20/h2-14H,1H3,(H,29,31)(H,27,28,30). The van der Waals surface area contributed by atoms with Gasteiger partial charge >= 0.3 is 0 Å². The van der Waals surface area contributed by atoms with Gasteiger partial charge in [0.05, 0.1) is 5.02 Å². The van der Waals surface area contributed by atoms with Gasteiger partial charge < -0.3 is 10.6 Å². The highest BCUT2D eigenvalue weighted by molar-refractivity contribution is 6.31. The van der Waals surface area contributed by atoms with Crippen LogP contribution < -0.4 is 10.6 Å². The third kappa shape index (κ3) is 5.05. The number of anilines is 3. The maximum atomic E-state index is 13.3. The van der Waals surface area contributed by atoms with Crippen molar-refractivity contribution in [3.05, 3.63) is 101 Å². The van der Waals surface area contributed by atoms with Crippen LogP contribution in [0.4, 0.5) is 21.7 Å². The van der Waals surface area contributed by atoms with Crippen LogP contribution in [0, 0.1) is 12.7 Å². The van der Waals surface area contributed by atoms with E-state index in [9.17, 15) is 9.18 Å². The normalized spacial score (nSPS) is 10.5. The Bertz CT molecular complexity index is 1230. The number of nitrogens with zero attached hydrogens (tertiary/aromatic N) is 2. The molecule has 0 spiro atoms. The largest absolute Gasteiger partial charge is 0.324 e. The minimum atomic E-state index is -0.542. The Morgan fingerprint density at radius 1 is 0.903 bits per heavy atom. The molecule has 0 radical (unpaired) electrons. The SMILES string of the molecule is Cc1ccc(-c2cnc(Nc3cccc(C(=O)Nc4ccc(F)c(Cl)c4)c3)nc2)cc1. The number of carbonyl (C=O) groups is 1. The zero-order valence-electron chi connectivity index (χ0n) is 16.6. The Kier molecular flexibility index (Phi) is 5.91. The molecule has 0 aliphatic rings. The molecule has 0 fully saturated rings. The minimum Gasteiger partial charge on any atom is -0.324 e. The summed E-state index contributed by atoms with van der Waals surface area (Å²) in [6.07, 6.45) is 3.49. The van der Waals surface area contributed by atoms with Gasteiger partial charge in [-0.15, -0.1) is 0 Å². The maximum absolute atomic E-state index is 13.3. The molecule has 7 heteroatoms. The quantitative estimate of drug-likeness (QED) is 0.391. The van der Waals surface area contributed by atoms with Crippen LogP contribution >= 0.6 is 11.6 Å². The molecule has 0 atom stereocenters.